The molecule has 6 nitrogen and oxygen atoms in total. The summed E-state index contributed by atoms with van der Waals surface area (Å²) in [7, 11) is 4.20. The number of phenols is 1. The van der Waals surface area contributed by atoms with Crippen molar-refractivity contribution >= 4 is 33.6 Å². The molecule has 1 aromatic carbocycles. The lowest BCUT2D eigenvalue weighted by molar-refractivity contribution is 0.335. The van der Waals surface area contributed by atoms with Crippen LogP contribution in [-0.2, 0) is 0 Å². The maximum absolute atomic E-state index is 11.8. The Bertz CT molecular complexity index is 691. The van der Waals surface area contributed by atoms with Crippen LogP contribution in [0.25, 0.3) is 11.0 Å². The zero-order valence-corrected chi connectivity index (χ0v) is 12.6. The van der Waals surface area contributed by atoms with Crippen molar-refractivity contribution in [2.75, 3.05) is 21.3 Å². The summed E-state index contributed by atoms with van der Waals surface area (Å²) in [6, 6.07) is 1.42. The first-order valence-electron chi connectivity index (χ1n) is 5.19. The molecule has 0 aliphatic carbocycles. The molecule has 0 fully saturated rings. The van der Waals surface area contributed by atoms with Gasteiger partial charge in [0.15, 0.2) is 11.3 Å². The van der Waals surface area contributed by atoms with Gasteiger partial charge in [-0.2, -0.15) is 0 Å². The first-order chi connectivity index (χ1) is 9.04. The van der Waals surface area contributed by atoms with Gasteiger partial charge in [0.05, 0.1) is 24.9 Å². The van der Waals surface area contributed by atoms with Gasteiger partial charge >= 0.3 is 5.63 Å². The highest BCUT2D eigenvalue weighted by atomic mass is 127. The number of aromatic hydroxyl groups is 1. The molecule has 19 heavy (non-hydrogen) atoms. The van der Waals surface area contributed by atoms with E-state index >= 15 is 0 Å². The number of halogens is 1. The van der Waals surface area contributed by atoms with Crippen molar-refractivity contribution in [3.8, 4) is 23.0 Å². The van der Waals surface area contributed by atoms with Gasteiger partial charge in [0.1, 0.15) is 16.9 Å². The molecule has 1 N–H and O–H groups in total. The molecule has 0 aliphatic rings. The van der Waals surface area contributed by atoms with Crippen LogP contribution in [0, 0.1) is 3.57 Å². The van der Waals surface area contributed by atoms with Crippen molar-refractivity contribution in [2.24, 2.45) is 0 Å². The molecule has 0 saturated heterocycles. The highest BCUT2D eigenvalue weighted by Crippen LogP contribution is 2.43. The van der Waals surface area contributed by atoms with Crippen LogP contribution in [0.3, 0.4) is 0 Å². The Morgan fingerprint density at radius 2 is 1.79 bits per heavy atom. The lowest BCUT2D eigenvalue weighted by Gasteiger charge is -2.13. The highest BCUT2D eigenvalue weighted by molar-refractivity contribution is 14.1. The van der Waals surface area contributed by atoms with Crippen molar-refractivity contribution in [3.63, 3.8) is 0 Å². The maximum Gasteiger partial charge on any atom is 0.383 e. The van der Waals surface area contributed by atoms with Crippen LogP contribution >= 0.6 is 22.6 Å². The van der Waals surface area contributed by atoms with Gasteiger partial charge in [-0.05, 0) is 22.6 Å². The standard InChI is InChI=1S/C12H11IO6/c1-16-6-4-5(14)8(13)9-7(6)10(17-2)11(18-3)12(15)19-9/h4,14H,1-3H3. The van der Waals surface area contributed by atoms with Gasteiger partial charge in [-0.25, -0.2) is 4.79 Å². The maximum atomic E-state index is 11.8. The van der Waals surface area contributed by atoms with E-state index in [0.29, 0.717) is 14.7 Å². The molecule has 7 heteroatoms. The molecule has 0 bridgehead atoms. The van der Waals surface area contributed by atoms with Gasteiger partial charge in [0.25, 0.3) is 0 Å². The molecular formula is C12H11IO6. The summed E-state index contributed by atoms with van der Waals surface area (Å²) in [6.07, 6.45) is 0. The van der Waals surface area contributed by atoms with Crippen molar-refractivity contribution in [1.29, 1.82) is 0 Å². The molecule has 2 rings (SSSR count). The van der Waals surface area contributed by atoms with E-state index in [9.17, 15) is 9.90 Å². The summed E-state index contributed by atoms with van der Waals surface area (Å²) in [6.45, 7) is 0. The predicted octanol–water partition coefficient (Wildman–Crippen LogP) is 2.13. The second-order valence-electron chi connectivity index (χ2n) is 3.57. The monoisotopic (exact) mass is 378 g/mol. The Morgan fingerprint density at radius 3 is 2.32 bits per heavy atom. The van der Waals surface area contributed by atoms with Crippen LogP contribution in [0.15, 0.2) is 15.3 Å². The fourth-order valence-electron chi connectivity index (χ4n) is 1.79. The van der Waals surface area contributed by atoms with Crippen LogP contribution < -0.4 is 19.8 Å². The van der Waals surface area contributed by atoms with E-state index in [1.165, 1.54) is 27.4 Å². The van der Waals surface area contributed by atoms with E-state index in [4.69, 9.17) is 18.6 Å². The van der Waals surface area contributed by atoms with Gasteiger partial charge in [-0.3, -0.25) is 0 Å². The molecule has 0 atom stereocenters. The third-order valence-electron chi connectivity index (χ3n) is 2.61. The van der Waals surface area contributed by atoms with Crippen LogP contribution in [0.5, 0.6) is 23.0 Å². The van der Waals surface area contributed by atoms with Gasteiger partial charge in [0.2, 0.25) is 5.75 Å². The van der Waals surface area contributed by atoms with Crippen LogP contribution in [-0.4, -0.2) is 26.4 Å². The third-order valence-corrected chi connectivity index (χ3v) is 3.65. The third kappa shape index (κ3) is 2.07. The first-order valence-corrected chi connectivity index (χ1v) is 6.27. The SMILES string of the molecule is COc1c(OC)c2c(OC)cc(O)c(I)c2oc1=O. The molecule has 0 saturated carbocycles. The van der Waals surface area contributed by atoms with Crippen LogP contribution in [0.4, 0.5) is 0 Å². The number of methoxy groups -OCH3 is 3. The summed E-state index contributed by atoms with van der Waals surface area (Å²) >= 11 is 1.87. The minimum atomic E-state index is -0.683. The molecule has 0 amide bonds. The first kappa shape index (κ1) is 13.8. The second-order valence-corrected chi connectivity index (χ2v) is 4.65. The number of fused-ring (bicyclic) bond motifs is 1. The Labute approximate surface area is 122 Å². The quantitative estimate of drug-likeness (QED) is 0.652. The van der Waals surface area contributed by atoms with Crippen LogP contribution in [0.2, 0.25) is 0 Å². The number of rotatable bonds is 3. The van der Waals surface area contributed by atoms with Crippen molar-refractivity contribution in [2.45, 2.75) is 0 Å². The summed E-state index contributed by atoms with van der Waals surface area (Å²) in [5, 5.41) is 10.2. The number of benzene rings is 1. The fourth-order valence-corrected chi connectivity index (χ4v) is 2.32. The summed E-state index contributed by atoms with van der Waals surface area (Å²) in [5.41, 5.74) is -0.488. The second kappa shape index (κ2) is 5.16. The number of ether oxygens (including phenoxy) is 3. The van der Waals surface area contributed by atoms with E-state index in [-0.39, 0.29) is 22.8 Å². The number of phenolic OH excluding ortho intramolecular Hbond substituents is 1. The zero-order chi connectivity index (χ0) is 14.2. The molecule has 0 radical (unpaired) electrons. The summed E-state index contributed by atoms with van der Waals surface area (Å²) in [4.78, 5) is 11.8. The number of hydrogen-bond acceptors (Lipinski definition) is 6. The molecule has 1 heterocycles. The lowest BCUT2D eigenvalue weighted by atomic mass is 10.2. The molecule has 0 aliphatic heterocycles. The largest absolute Gasteiger partial charge is 0.507 e. The van der Waals surface area contributed by atoms with Crippen molar-refractivity contribution < 1.29 is 23.7 Å². The van der Waals surface area contributed by atoms with Crippen molar-refractivity contribution in [1.82, 2.24) is 0 Å². The fraction of sp³-hybridized carbons (Fsp3) is 0.250. The highest BCUT2D eigenvalue weighted by Gasteiger charge is 2.23. The summed E-state index contributed by atoms with van der Waals surface area (Å²) in [5.74, 6) is 0.449. The topological polar surface area (TPSA) is 78.1 Å². The molecule has 2 aromatic rings. The average Bonchev–Trinajstić information content (AvgIpc) is 2.41. The average molecular weight is 378 g/mol. The molecule has 0 spiro atoms. The molecule has 1 aromatic heterocycles. The number of hydrogen-bond donors (Lipinski definition) is 1. The normalized spacial score (nSPS) is 10.5. The Balaban J connectivity index is 3.07. The van der Waals surface area contributed by atoms with Crippen molar-refractivity contribution in [3.05, 3.63) is 20.1 Å². The molecule has 102 valence electrons. The smallest absolute Gasteiger partial charge is 0.383 e. The van der Waals surface area contributed by atoms with Gasteiger partial charge in [-0.1, -0.05) is 0 Å². The zero-order valence-electron chi connectivity index (χ0n) is 10.4. The Kier molecular flexibility index (Phi) is 3.74. The summed E-state index contributed by atoms with van der Waals surface area (Å²) < 4.78 is 21.0. The lowest BCUT2D eigenvalue weighted by Crippen LogP contribution is -2.07. The Morgan fingerprint density at radius 1 is 1.16 bits per heavy atom. The predicted molar refractivity (Wildman–Crippen MR) is 76.5 cm³/mol. The van der Waals surface area contributed by atoms with E-state index < -0.39 is 5.63 Å². The van der Waals surface area contributed by atoms with E-state index in [0.717, 1.165) is 0 Å². The van der Waals surface area contributed by atoms with E-state index in [2.05, 4.69) is 0 Å². The van der Waals surface area contributed by atoms with Crippen LogP contribution in [0.1, 0.15) is 0 Å². The Hall–Kier alpha value is -1.64. The molecule has 0 unspecified atom stereocenters. The van der Waals surface area contributed by atoms with E-state index in [1.807, 2.05) is 22.6 Å². The van der Waals surface area contributed by atoms with Gasteiger partial charge in [-0.15, -0.1) is 0 Å². The molecular weight excluding hydrogens is 367 g/mol. The van der Waals surface area contributed by atoms with Gasteiger partial charge in [0, 0.05) is 6.07 Å². The minimum Gasteiger partial charge on any atom is -0.507 e. The minimum absolute atomic E-state index is 0.0414. The van der Waals surface area contributed by atoms with Gasteiger partial charge < -0.3 is 23.7 Å². The van der Waals surface area contributed by atoms with E-state index in [1.54, 1.807) is 0 Å².